The van der Waals surface area contributed by atoms with Crippen LogP contribution >= 0.6 is 0 Å². The Morgan fingerprint density at radius 2 is 1.92 bits per heavy atom. The van der Waals surface area contributed by atoms with Crippen LogP contribution in [0, 0.1) is 6.92 Å². The first-order chi connectivity index (χ1) is 11.5. The van der Waals surface area contributed by atoms with Crippen molar-refractivity contribution in [3.05, 3.63) is 53.9 Å². The van der Waals surface area contributed by atoms with Gasteiger partial charge in [0.05, 0.1) is 11.5 Å². The van der Waals surface area contributed by atoms with Crippen molar-refractivity contribution in [2.24, 2.45) is 0 Å². The summed E-state index contributed by atoms with van der Waals surface area (Å²) in [5.74, 6) is 1.22. The molecule has 1 N–H and O–H groups in total. The maximum absolute atomic E-state index is 12.4. The van der Waals surface area contributed by atoms with Gasteiger partial charge in [0.1, 0.15) is 11.3 Å². The Hall–Kier alpha value is -2.38. The topological polar surface area (TPSA) is 81.4 Å². The Kier molecular flexibility index (Phi) is 4.55. The Labute approximate surface area is 140 Å². The van der Waals surface area contributed by atoms with Crippen molar-refractivity contribution >= 4 is 21.1 Å². The minimum Gasteiger partial charge on any atom is -0.494 e. The summed E-state index contributed by atoms with van der Waals surface area (Å²) in [5, 5.41) is 0. The molecule has 3 aromatic rings. The first-order valence-electron chi connectivity index (χ1n) is 7.56. The number of rotatable bonds is 6. The van der Waals surface area contributed by atoms with E-state index in [2.05, 4.69) is 9.71 Å². The third kappa shape index (κ3) is 3.58. The first kappa shape index (κ1) is 16.5. The van der Waals surface area contributed by atoms with Crippen LogP contribution < -0.4 is 9.46 Å². The van der Waals surface area contributed by atoms with Crippen LogP contribution in [0.4, 0.5) is 0 Å². The number of benzene rings is 2. The molecule has 0 fully saturated rings. The molecule has 0 atom stereocenters. The van der Waals surface area contributed by atoms with Gasteiger partial charge in [-0.3, -0.25) is 0 Å². The molecule has 0 saturated heterocycles. The molecule has 3 rings (SSSR count). The van der Waals surface area contributed by atoms with Crippen molar-refractivity contribution in [1.29, 1.82) is 0 Å². The van der Waals surface area contributed by atoms with Crippen LogP contribution in [0.15, 0.2) is 51.8 Å². The Bertz CT molecular complexity index is 946. The number of ether oxygens (including phenoxy) is 1. The van der Waals surface area contributed by atoms with E-state index < -0.39 is 10.0 Å². The van der Waals surface area contributed by atoms with Gasteiger partial charge >= 0.3 is 0 Å². The molecule has 0 radical (unpaired) electrons. The Morgan fingerprint density at radius 1 is 1.17 bits per heavy atom. The van der Waals surface area contributed by atoms with Gasteiger partial charge in [-0.25, -0.2) is 18.1 Å². The lowest BCUT2D eigenvalue weighted by atomic mass is 10.2. The number of sulfonamides is 1. The van der Waals surface area contributed by atoms with Crippen LogP contribution in [0.1, 0.15) is 18.4 Å². The average Bonchev–Trinajstić information content (AvgIpc) is 2.93. The molecule has 0 unspecified atom stereocenters. The van der Waals surface area contributed by atoms with Crippen LogP contribution in [-0.2, 0) is 16.6 Å². The molecule has 126 valence electrons. The molecular weight excluding hydrogens is 328 g/mol. The Morgan fingerprint density at radius 3 is 2.62 bits per heavy atom. The van der Waals surface area contributed by atoms with Gasteiger partial charge < -0.3 is 9.15 Å². The van der Waals surface area contributed by atoms with Gasteiger partial charge in [-0.05, 0) is 48.9 Å². The second kappa shape index (κ2) is 6.62. The fourth-order valence-corrected chi connectivity index (χ4v) is 3.36. The van der Waals surface area contributed by atoms with Crippen LogP contribution in [0.25, 0.3) is 11.1 Å². The van der Waals surface area contributed by atoms with Gasteiger partial charge in [-0.2, -0.15) is 0 Å². The SMILES string of the molecule is CCOc1ccc(S(=O)(=O)NCc2ccc3nc(C)oc3c2)cc1. The highest BCUT2D eigenvalue weighted by Gasteiger charge is 2.14. The van der Waals surface area contributed by atoms with Gasteiger partial charge in [0, 0.05) is 13.5 Å². The molecular formula is C17H18N2O4S. The normalized spacial score (nSPS) is 11.8. The molecule has 0 aliphatic rings. The van der Waals surface area contributed by atoms with Gasteiger partial charge in [-0.1, -0.05) is 6.07 Å². The largest absolute Gasteiger partial charge is 0.494 e. The van der Waals surface area contributed by atoms with Gasteiger partial charge in [0.25, 0.3) is 0 Å². The van der Waals surface area contributed by atoms with Crippen molar-refractivity contribution in [1.82, 2.24) is 9.71 Å². The van der Waals surface area contributed by atoms with Crippen molar-refractivity contribution < 1.29 is 17.6 Å². The zero-order valence-electron chi connectivity index (χ0n) is 13.4. The highest BCUT2D eigenvalue weighted by atomic mass is 32.2. The van der Waals surface area contributed by atoms with E-state index in [4.69, 9.17) is 9.15 Å². The molecule has 7 heteroatoms. The van der Waals surface area contributed by atoms with Crippen molar-refractivity contribution in [3.63, 3.8) is 0 Å². The van der Waals surface area contributed by atoms with Crippen molar-refractivity contribution in [2.75, 3.05) is 6.61 Å². The average molecular weight is 346 g/mol. The van der Waals surface area contributed by atoms with Gasteiger partial charge in [0.15, 0.2) is 11.5 Å². The minimum absolute atomic E-state index is 0.172. The lowest BCUT2D eigenvalue weighted by molar-refractivity contribution is 0.340. The summed E-state index contributed by atoms with van der Waals surface area (Å²) in [7, 11) is -3.59. The molecule has 24 heavy (non-hydrogen) atoms. The minimum atomic E-state index is -3.59. The van der Waals surface area contributed by atoms with E-state index in [9.17, 15) is 8.42 Å². The maximum Gasteiger partial charge on any atom is 0.240 e. The zero-order chi connectivity index (χ0) is 17.2. The summed E-state index contributed by atoms with van der Waals surface area (Å²) in [6, 6.07) is 11.8. The smallest absolute Gasteiger partial charge is 0.240 e. The summed E-state index contributed by atoms with van der Waals surface area (Å²) in [4.78, 5) is 4.41. The van der Waals surface area contributed by atoms with E-state index in [1.165, 1.54) is 12.1 Å². The molecule has 0 saturated carbocycles. The monoisotopic (exact) mass is 346 g/mol. The molecule has 0 aliphatic carbocycles. The number of aromatic nitrogens is 1. The molecule has 6 nitrogen and oxygen atoms in total. The highest BCUT2D eigenvalue weighted by Crippen LogP contribution is 2.18. The number of hydrogen-bond donors (Lipinski definition) is 1. The number of aryl methyl sites for hydroxylation is 1. The van der Waals surface area contributed by atoms with E-state index in [0.717, 1.165) is 11.1 Å². The number of fused-ring (bicyclic) bond motifs is 1. The van der Waals surface area contributed by atoms with E-state index in [1.54, 1.807) is 25.1 Å². The summed E-state index contributed by atoms with van der Waals surface area (Å²) >= 11 is 0. The van der Waals surface area contributed by atoms with Gasteiger partial charge in [-0.15, -0.1) is 0 Å². The first-order valence-corrected chi connectivity index (χ1v) is 9.05. The fourth-order valence-electron chi connectivity index (χ4n) is 2.34. The second-order valence-electron chi connectivity index (χ2n) is 5.26. The molecule has 0 aliphatic heterocycles. The molecule has 0 amide bonds. The molecule has 1 aromatic heterocycles. The number of hydrogen-bond acceptors (Lipinski definition) is 5. The molecule has 2 aromatic carbocycles. The summed E-state index contributed by atoms with van der Waals surface area (Å²) in [6.07, 6.45) is 0. The second-order valence-corrected chi connectivity index (χ2v) is 7.03. The molecule has 1 heterocycles. The lowest BCUT2D eigenvalue weighted by Crippen LogP contribution is -2.23. The third-order valence-corrected chi connectivity index (χ3v) is 4.89. The van der Waals surface area contributed by atoms with E-state index in [-0.39, 0.29) is 11.4 Å². The Balaban J connectivity index is 1.73. The quantitative estimate of drug-likeness (QED) is 0.742. The van der Waals surface area contributed by atoms with Gasteiger partial charge in [0.2, 0.25) is 10.0 Å². The predicted molar refractivity (Wildman–Crippen MR) is 90.4 cm³/mol. The highest BCUT2D eigenvalue weighted by molar-refractivity contribution is 7.89. The number of nitrogens with zero attached hydrogens (tertiary/aromatic N) is 1. The summed E-state index contributed by atoms with van der Waals surface area (Å²) in [6.45, 7) is 4.35. The van der Waals surface area contributed by atoms with Crippen molar-refractivity contribution in [2.45, 2.75) is 25.3 Å². The summed E-state index contributed by atoms with van der Waals surface area (Å²) < 4.78 is 38.1. The lowest BCUT2D eigenvalue weighted by Gasteiger charge is -2.08. The van der Waals surface area contributed by atoms with Crippen LogP contribution in [0.2, 0.25) is 0 Å². The number of nitrogens with one attached hydrogen (secondary N) is 1. The van der Waals surface area contributed by atoms with E-state index in [1.807, 2.05) is 19.1 Å². The zero-order valence-corrected chi connectivity index (χ0v) is 14.3. The molecule has 0 spiro atoms. The van der Waals surface area contributed by atoms with E-state index in [0.29, 0.717) is 23.8 Å². The number of oxazole rings is 1. The standard InChI is InChI=1S/C17H18N2O4S/c1-3-22-14-5-7-15(8-6-14)24(20,21)18-11-13-4-9-16-17(10-13)23-12(2)19-16/h4-10,18H,3,11H2,1-2H3. The van der Waals surface area contributed by atoms with Crippen LogP contribution in [0.5, 0.6) is 5.75 Å². The van der Waals surface area contributed by atoms with Crippen molar-refractivity contribution in [3.8, 4) is 5.75 Å². The maximum atomic E-state index is 12.4. The predicted octanol–water partition coefficient (Wildman–Crippen LogP) is 3.01. The third-order valence-electron chi connectivity index (χ3n) is 3.47. The summed E-state index contributed by atoms with van der Waals surface area (Å²) in [5.41, 5.74) is 2.20. The fraction of sp³-hybridized carbons (Fsp3) is 0.235. The van der Waals surface area contributed by atoms with Crippen LogP contribution in [-0.4, -0.2) is 20.0 Å². The molecule has 0 bridgehead atoms. The van der Waals surface area contributed by atoms with Crippen LogP contribution in [0.3, 0.4) is 0 Å². The van der Waals surface area contributed by atoms with E-state index >= 15 is 0 Å².